The number of rotatable bonds is 2. The average molecular weight is 429 g/mol. The highest BCUT2D eigenvalue weighted by Gasteiger charge is 2.21. The van der Waals surface area contributed by atoms with E-state index in [4.69, 9.17) is 21.9 Å². The molecular weight excluding hydrogens is 419 g/mol. The van der Waals surface area contributed by atoms with Gasteiger partial charge in [-0.1, -0.05) is 66.8 Å². The van der Waals surface area contributed by atoms with Gasteiger partial charge in [-0.3, -0.25) is 0 Å². The van der Waals surface area contributed by atoms with Crippen molar-refractivity contribution in [1.29, 1.82) is 0 Å². The third-order valence-corrected chi connectivity index (χ3v) is 4.55. The van der Waals surface area contributed by atoms with Gasteiger partial charge in [-0.05, 0) is 24.3 Å². The van der Waals surface area contributed by atoms with E-state index in [1.165, 1.54) is 0 Å². The summed E-state index contributed by atoms with van der Waals surface area (Å²) in [5, 5.41) is 4.49. The standard InChI is InChI=1S/C15H9Br2ClN2O/c16-8-5-6-11(17)10(7-8)14-13(15(19)20-21-14)9-3-1-2-4-12(9)18/h1-7H,(H2,19,20). The van der Waals surface area contributed by atoms with Crippen LogP contribution < -0.4 is 5.73 Å². The number of anilines is 1. The van der Waals surface area contributed by atoms with Crippen LogP contribution in [0.15, 0.2) is 55.9 Å². The molecular formula is C15H9Br2ClN2O. The van der Waals surface area contributed by atoms with Crippen LogP contribution in [0.25, 0.3) is 22.5 Å². The quantitative estimate of drug-likeness (QED) is 0.564. The fourth-order valence-corrected chi connectivity index (χ4v) is 3.10. The number of nitrogen functional groups attached to an aromatic ring is 1. The summed E-state index contributed by atoms with van der Waals surface area (Å²) in [4.78, 5) is 0. The second-order valence-corrected chi connectivity index (χ2v) is 6.55. The summed E-state index contributed by atoms with van der Waals surface area (Å²) >= 11 is 13.2. The summed E-state index contributed by atoms with van der Waals surface area (Å²) in [6.45, 7) is 0. The van der Waals surface area contributed by atoms with Gasteiger partial charge >= 0.3 is 0 Å². The lowest BCUT2D eigenvalue weighted by Crippen LogP contribution is -1.90. The van der Waals surface area contributed by atoms with Crippen molar-refractivity contribution in [2.75, 3.05) is 5.73 Å². The molecule has 0 saturated heterocycles. The van der Waals surface area contributed by atoms with Gasteiger partial charge in [0.2, 0.25) is 0 Å². The lowest BCUT2D eigenvalue weighted by atomic mass is 10.0. The van der Waals surface area contributed by atoms with Crippen molar-refractivity contribution >= 4 is 49.3 Å². The Morgan fingerprint density at radius 3 is 2.57 bits per heavy atom. The smallest absolute Gasteiger partial charge is 0.178 e. The number of nitrogens with zero attached hydrogens (tertiary/aromatic N) is 1. The topological polar surface area (TPSA) is 52.0 Å². The minimum absolute atomic E-state index is 0.310. The Morgan fingerprint density at radius 1 is 1.05 bits per heavy atom. The van der Waals surface area contributed by atoms with Crippen LogP contribution in [0, 0.1) is 0 Å². The van der Waals surface area contributed by atoms with Gasteiger partial charge in [0.15, 0.2) is 11.6 Å². The summed E-state index contributed by atoms with van der Waals surface area (Å²) in [7, 11) is 0. The summed E-state index contributed by atoms with van der Waals surface area (Å²) in [5.41, 5.74) is 8.31. The molecule has 0 atom stereocenters. The van der Waals surface area contributed by atoms with Gasteiger partial charge in [0.05, 0.1) is 5.56 Å². The molecule has 1 heterocycles. The number of aromatic nitrogens is 1. The lowest BCUT2D eigenvalue weighted by Gasteiger charge is -2.07. The minimum atomic E-state index is 0.310. The van der Waals surface area contributed by atoms with Gasteiger partial charge < -0.3 is 10.3 Å². The zero-order valence-corrected chi connectivity index (χ0v) is 14.5. The van der Waals surface area contributed by atoms with Gasteiger partial charge in [-0.15, -0.1) is 0 Å². The van der Waals surface area contributed by atoms with Crippen LogP contribution in [0.5, 0.6) is 0 Å². The van der Waals surface area contributed by atoms with Crippen LogP contribution in [0.1, 0.15) is 0 Å². The normalized spacial score (nSPS) is 10.8. The zero-order chi connectivity index (χ0) is 15.0. The zero-order valence-electron chi connectivity index (χ0n) is 10.6. The van der Waals surface area contributed by atoms with Crippen LogP contribution in [0.3, 0.4) is 0 Å². The molecule has 0 radical (unpaired) electrons. The average Bonchev–Trinajstić information content (AvgIpc) is 2.84. The van der Waals surface area contributed by atoms with Gasteiger partial charge in [-0.2, -0.15) is 0 Å². The minimum Gasteiger partial charge on any atom is -0.380 e. The van der Waals surface area contributed by atoms with E-state index in [9.17, 15) is 0 Å². The predicted molar refractivity (Wildman–Crippen MR) is 92.2 cm³/mol. The van der Waals surface area contributed by atoms with Gasteiger partial charge in [0, 0.05) is 25.1 Å². The van der Waals surface area contributed by atoms with Gasteiger partial charge in [0.25, 0.3) is 0 Å². The molecule has 2 N–H and O–H groups in total. The Kier molecular flexibility index (Phi) is 4.06. The fraction of sp³-hybridized carbons (Fsp3) is 0. The van der Waals surface area contributed by atoms with E-state index in [1.54, 1.807) is 0 Å². The molecule has 3 aromatic rings. The SMILES string of the molecule is Nc1noc(-c2cc(Br)ccc2Br)c1-c1ccccc1Cl. The first-order valence-corrected chi connectivity index (χ1v) is 8.00. The number of nitrogens with two attached hydrogens (primary N) is 1. The summed E-state index contributed by atoms with van der Waals surface area (Å²) in [6.07, 6.45) is 0. The van der Waals surface area contributed by atoms with E-state index in [-0.39, 0.29) is 0 Å². The third-order valence-electron chi connectivity index (χ3n) is 3.03. The van der Waals surface area contributed by atoms with Crippen LogP contribution in [-0.4, -0.2) is 5.16 Å². The second kappa shape index (κ2) is 5.83. The highest BCUT2D eigenvalue weighted by atomic mass is 79.9. The van der Waals surface area contributed by atoms with E-state index in [0.29, 0.717) is 22.2 Å². The Labute approximate surface area is 143 Å². The van der Waals surface area contributed by atoms with Crippen LogP contribution in [-0.2, 0) is 0 Å². The van der Waals surface area contributed by atoms with Crippen molar-refractivity contribution in [2.24, 2.45) is 0 Å². The van der Waals surface area contributed by atoms with Crippen molar-refractivity contribution < 1.29 is 4.52 Å². The van der Waals surface area contributed by atoms with Crippen LogP contribution in [0.2, 0.25) is 5.02 Å². The molecule has 21 heavy (non-hydrogen) atoms. The molecule has 0 aliphatic heterocycles. The maximum atomic E-state index is 6.27. The van der Waals surface area contributed by atoms with E-state index in [2.05, 4.69) is 37.0 Å². The molecule has 0 spiro atoms. The number of benzene rings is 2. The fourth-order valence-electron chi connectivity index (χ4n) is 2.08. The molecule has 0 aliphatic rings. The Morgan fingerprint density at radius 2 is 1.81 bits per heavy atom. The molecule has 3 nitrogen and oxygen atoms in total. The summed E-state index contributed by atoms with van der Waals surface area (Å²) in [5.74, 6) is 0.888. The molecule has 0 fully saturated rings. The molecule has 106 valence electrons. The second-order valence-electron chi connectivity index (χ2n) is 4.38. The van der Waals surface area contributed by atoms with Gasteiger partial charge in [-0.25, -0.2) is 0 Å². The highest BCUT2D eigenvalue weighted by Crippen LogP contribution is 2.42. The van der Waals surface area contributed by atoms with Crippen LogP contribution >= 0.6 is 43.5 Å². The van der Waals surface area contributed by atoms with E-state index < -0.39 is 0 Å². The van der Waals surface area contributed by atoms with Crippen molar-refractivity contribution in [3.63, 3.8) is 0 Å². The molecule has 0 saturated carbocycles. The molecule has 3 rings (SSSR count). The molecule has 0 unspecified atom stereocenters. The Balaban J connectivity index is 2.27. The van der Waals surface area contributed by atoms with E-state index in [0.717, 1.165) is 20.1 Å². The third kappa shape index (κ3) is 2.73. The molecule has 2 aromatic carbocycles. The number of halogens is 3. The monoisotopic (exact) mass is 426 g/mol. The Bertz CT molecular complexity index is 817. The van der Waals surface area contributed by atoms with Gasteiger partial charge in [0.1, 0.15) is 0 Å². The molecule has 0 aliphatic carbocycles. The van der Waals surface area contributed by atoms with Crippen molar-refractivity contribution in [3.8, 4) is 22.5 Å². The maximum absolute atomic E-state index is 6.27. The molecule has 1 aromatic heterocycles. The van der Waals surface area contributed by atoms with E-state index in [1.807, 2.05) is 42.5 Å². The van der Waals surface area contributed by atoms with Crippen molar-refractivity contribution in [1.82, 2.24) is 5.16 Å². The summed E-state index contributed by atoms with van der Waals surface area (Å²) < 4.78 is 7.26. The van der Waals surface area contributed by atoms with Crippen LogP contribution in [0.4, 0.5) is 5.82 Å². The summed E-state index contributed by atoms with van der Waals surface area (Å²) in [6, 6.07) is 13.3. The first-order chi connectivity index (χ1) is 10.1. The van der Waals surface area contributed by atoms with Crippen molar-refractivity contribution in [2.45, 2.75) is 0 Å². The number of hydrogen-bond donors (Lipinski definition) is 1. The highest BCUT2D eigenvalue weighted by molar-refractivity contribution is 9.11. The maximum Gasteiger partial charge on any atom is 0.178 e. The Hall–Kier alpha value is -1.30. The lowest BCUT2D eigenvalue weighted by molar-refractivity contribution is 0.436. The first-order valence-electron chi connectivity index (χ1n) is 6.03. The number of hydrogen-bond acceptors (Lipinski definition) is 3. The largest absolute Gasteiger partial charge is 0.380 e. The predicted octanol–water partition coefficient (Wildman–Crippen LogP) is 5.77. The first kappa shape index (κ1) is 14.6. The molecule has 0 amide bonds. The molecule has 0 bridgehead atoms. The van der Waals surface area contributed by atoms with E-state index >= 15 is 0 Å². The molecule has 6 heteroatoms. The van der Waals surface area contributed by atoms with Crippen molar-refractivity contribution in [3.05, 3.63) is 56.4 Å².